The van der Waals surface area contributed by atoms with Crippen molar-refractivity contribution in [3.05, 3.63) is 389 Å². The van der Waals surface area contributed by atoms with E-state index in [0.717, 1.165) is 66.4 Å². The van der Waals surface area contributed by atoms with E-state index in [1.807, 2.05) is 66.7 Å². The van der Waals surface area contributed by atoms with Gasteiger partial charge in [0.1, 0.15) is 0 Å². The summed E-state index contributed by atoms with van der Waals surface area (Å²) in [5, 5.41) is 17.3. The van der Waals surface area contributed by atoms with Crippen LogP contribution in [-0.2, 0) is 0 Å². The van der Waals surface area contributed by atoms with Crippen LogP contribution < -0.4 is 0 Å². The summed E-state index contributed by atoms with van der Waals surface area (Å²) in [7, 11) is 0. The second-order valence-corrected chi connectivity index (χ2v) is 29.5. The summed E-state index contributed by atoms with van der Waals surface area (Å²) in [5.74, 6) is 3.87. The minimum absolute atomic E-state index is 0.637. The second kappa shape index (κ2) is 26.2. The molecule has 0 atom stereocenters. The molecule has 22 aromatic rings. The summed E-state index contributed by atoms with van der Waals surface area (Å²) in [6.45, 7) is 0. The van der Waals surface area contributed by atoms with Crippen LogP contribution in [0.25, 0.3) is 233 Å². The van der Waals surface area contributed by atoms with E-state index in [0.29, 0.717) is 34.9 Å². The van der Waals surface area contributed by atoms with Crippen molar-refractivity contribution in [1.29, 1.82) is 0 Å². The van der Waals surface area contributed by atoms with Crippen LogP contribution in [0.4, 0.5) is 0 Å². The summed E-state index contributed by atoms with van der Waals surface area (Å²) in [4.78, 5) is 30.3. The molecule has 4 heterocycles. The lowest BCUT2D eigenvalue weighted by Crippen LogP contribution is -2.01. The Hall–Kier alpha value is -15.4. The Bertz CT molecular complexity index is 7660. The van der Waals surface area contributed by atoms with Gasteiger partial charge in [-0.05, 0) is 169 Å². The molecule has 24 rings (SSSR count). The predicted molar refractivity (Wildman–Crippen MR) is 471 cm³/mol. The molecule has 4 aromatic heterocycles. The average molecular weight is 1450 g/mol. The molecular formula is C106H64N8. The van der Waals surface area contributed by atoms with Gasteiger partial charge in [0.25, 0.3) is 0 Å². The summed E-state index contributed by atoms with van der Waals surface area (Å²) >= 11 is 0. The highest BCUT2D eigenvalue weighted by atomic mass is 15.0. The third-order valence-corrected chi connectivity index (χ3v) is 23.2. The maximum absolute atomic E-state index is 5.11. The van der Waals surface area contributed by atoms with E-state index in [2.05, 4.69) is 331 Å². The highest BCUT2D eigenvalue weighted by Gasteiger charge is 2.31. The van der Waals surface area contributed by atoms with E-state index in [1.54, 1.807) is 0 Å². The molecule has 0 unspecified atom stereocenters. The van der Waals surface area contributed by atoms with Crippen molar-refractivity contribution in [2.24, 2.45) is 0 Å². The molecule has 0 saturated carbocycles. The maximum Gasteiger partial charge on any atom is 0.164 e. The monoisotopic (exact) mass is 1450 g/mol. The number of fused-ring (bicyclic) bond motifs is 22. The van der Waals surface area contributed by atoms with E-state index >= 15 is 0 Å². The van der Waals surface area contributed by atoms with Gasteiger partial charge >= 0.3 is 0 Å². The fourth-order valence-electron chi connectivity index (χ4n) is 18.2. The zero-order chi connectivity index (χ0) is 74.9. The van der Waals surface area contributed by atoms with E-state index in [4.69, 9.17) is 29.9 Å². The number of aromatic nitrogens is 8. The largest absolute Gasteiger partial charge is 0.316 e. The summed E-state index contributed by atoms with van der Waals surface area (Å²) in [5.41, 5.74) is 25.3. The standard InChI is InChI=1S/2C53H32N4/c1-3-16-33(17-4-1)51-54-52(34-18-5-2-6-19-34)56-53(55-51)43-30-31-46(39-24-11-7-22-37(39)43)57-32-45-38-23-10-14-27-42(38)49-40-25-12-8-20-35(40)36-21-9-13-26-41(36)50(49)44-28-15-29-47(57)48(44)45;1-2-14-34(15-3-1)51-54-52(56-53(55-51)37-26-25-33-13-4-5-16-36(33)31-37)35-27-29-38(30-28-35)57-32-46-41-19-8-11-22-44(41)49-42-20-9-6-17-39(42)40-18-7-10-21-43(40)50(49)45-23-12-24-47(57)48(45)46/h2*1-32H. The molecule has 0 aliphatic heterocycles. The Morgan fingerprint density at radius 1 is 0.175 bits per heavy atom. The molecule has 0 N–H and O–H groups in total. The van der Waals surface area contributed by atoms with Crippen molar-refractivity contribution < 1.29 is 0 Å². The number of benzene rings is 18. The molecule has 0 spiro atoms. The van der Waals surface area contributed by atoms with Crippen molar-refractivity contribution >= 4 is 86.4 Å². The first-order valence-corrected chi connectivity index (χ1v) is 38.7. The van der Waals surface area contributed by atoms with Crippen LogP contribution in [0.1, 0.15) is 0 Å². The third kappa shape index (κ3) is 10.3. The smallest absolute Gasteiger partial charge is 0.164 e. The Labute approximate surface area is 656 Å². The molecule has 114 heavy (non-hydrogen) atoms. The minimum atomic E-state index is 0.637. The SMILES string of the molecule is c1ccc(-c2nc(-c3ccc(-n4cc5c6c(cccc64)-c4c(c6ccccc6c6ccccc46)-c4ccccc4-5)cc3)nc(-c3ccc4ccccc4c3)n2)cc1.c1ccc(-c2nc(-c3ccccc3)nc(-c3ccc(-n4cc5c6c(cccc64)-c4c(c6ccccc6c6ccccc46)-c4ccccc4-5)c4ccccc34)n2)cc1. The highest BCUT2D eigenvalue weighted by Crippen LogP contribution is 2.56. The normalized spacial score (nSPS) is 11.9. The summed E-state index contributed by atoms with van der Waals surface area (Å²) in [6.07, 6.45) is 4.68. The van der Waals surface area contributed by atoms with Gasteiger partial charge in [-0.15, -0.1) is 0 Å². The van der Waals surface area contributed by atoms with Crippen molar-refractivity contribution in [2.45, 2.75) is 0 Å². The molecule has 0 radical (unpaired) electrons. The van der Waals surface area contributed by atoms with E-state index in [1.165, 1.54) is 132 Å². The van der Waals surface area contributed by atoms with Gasteiger partial charge in [0.15, 0.2) is 34.9 Å². The van der Waals surface area contributed by atoms with Gasteiger partial charge in [-0.1, -0.05) is 322 Å². The lowest BCUT2D eigenvalue weighted by molar-refractivity contribution is 1.07. The third-order valence-electron chi connectivity index (χ3n) is 23.2. The zero-order valence-corrected chi connectivity index (χ0v) is 61.5. The van der Waals surface area contributed by atoms with Crippen LogP contribution in [0, 0.1) is 0 Å². The minimum Gasteiger partial charge on any atom is -0.316 e. The molecule has 0 amide bonds. The molecule has 18 aromatic carbocycles. The number of hydrogen-bond donors (Lipinski definition) is 0. The molecule has 0 saturated heterocycles. The van der Waals surface area contributed by atoms with Gasteiger partial charge in [-0.25, -0.2) is 29.9 Å². The van der Waals surface area contributed by atoms with Gasteiger partial charge in [0.2, 0.25) is 0 Å². The van der Waals surface area contributed by atoms with Gasteiger partial charge < -0.3 is 9.13 Å². The maximum atomic E-state index is 5.11. The molecule has 2 aliphatic rings. The molecule has 8 nitrogen and oxygen atoms in total. The van der Waals surface area contributed by atoms with E-state index < -0.39 is 0 Å². The highest BCUT2D eigenvalue weighted by molar-refractivity contribution is 6.29. The molecule has 8 heteroatoms. The van der Waals surface area contributed by atoms with Crippen LogP contribution in [0.15, 0.2) is 389 Å². The van der Waals surface area contributed by atoms with Crippen molar-refractivity contribution in [3.63, 3.8) is 0 Å². The second-order valence-electron chi connectivity index (χ2n) is 29.5. The number of nitrogens with zero attached hydrogens (tertiary/aromatic N) is 8. The van der Waals surface area contributed by atoms with Gasteiger partial charge in [0, 0.05) is 78.7 Å². The Morgan fingerprint density at radius 2 is 0.509 bits per heavy atom. The van der Waals surface area contributed by atoms with Crippen LogP contribution in [-0.4, -0.2) is 39.0 Å². The topological polar surface area (TPSA) is 87.2 Å². The van der Waals surface area contributed by atoms with Gasteiger partial charge in [-0.2, -0.15) is 0 Å². The van der Waals surface area contributed by atoms with Crippen LogP contribution in [0.2, 0.25) is 0 Å². The molecule has 2 aliphatic carbocycles. The molecule has 0 fully saturated rings. The fourth-order valence-corrected chi connectivity index (χ4v) is 18.2. The first kappa shape index (κ1) is 64.6. The Morgan fingerprint density at radius 3 is 0.982 bits per heavy atom. The van der Waals surface area contributed by atoms with E-state index in [9.17, 15) is 0 Å². The van der Waals surface area contributed by atoms with Crippen molar-refractivity contribution in [2.75, 3.05) is 0 Å². The molecule has 0 bridgehead atoms. The number of hydrogen-bond acceptors (Lipinski definition) is 6. The first-order chi connectivity index (χ1) is 56.6. The Kier molecular flexibility index (Phi) is 14.8. The quantitative estimate of drug-likeness (QED) is 0.141. The van der Waals surface area contributed by atoms with Gasteiger partial charge in [-0.3, -0.25) is 0 Å². The predicted octanol–water partition coefficient (Wildman–Crippen LogP) is 27.2. The zero-order valence-electron chi connectivity index (χ0n) is 61.5. The van der Waals surface area contributed by atoms with Gasteiger partial charge in [0.05, 0.1) is 16.7 Å². The van der Waals surface area contributed by atoms with Crippen molar-refractivity contribution in [3.8, 4) is 146 Å². The summed E-state index contributed by atoms with van der Waals surface area (Å²) < 4.78 is 4.73. The lowest BCUT2D eigenvalue weighted by atomic mass is 9.85. The fraction of sp³-hybridized carbons (Fsp3) is 0. The van der Waals surface area contributed by atoms with Crippen LogP contribution in [0.5, 0.6) is 0 Å². The lowest BCUT2D eigenvalue weighted by Gasteiger charge is -2.19. The Balaban J connectivity index is 0.000000135. The van der Waals surface area contributed by atoms with Crippen LogP contribution >= 0.6 is 0 Å². The number of rotatable bonds is 8. The van der Waals surface area contributed by atoms with Crippen LogP contribution in [0.3, 0.4) is 0 Å². The first-order valence-electron chi connectivity index (χ1n) is 38.7. The summed E-state index contributed by atoms with van der Waals surface area (Å²) in [6, 6.07) is 134. The molecule has 528 valence electrons. The molecular weight excluding hydrogens is 1390 g/mol. The van der Waals surface area contributed by atoms with E-state index in [-0.39, 0.29) is 0 Å². The van der Waals surface area contributed by atoms with Crippen molar-refractivity contribution in [1.82, 2.24) is 39.0 Å². The average Bonchev–Trinajstić information content (AvgIpc) is 1.52.